The van der Waals surface area contributed by atoms with Gasteiger partial charge in [0.1, 0.15) is 0 Å². The normalized spacial score (nSPS) is 12.8. The van der Waals surface area contributed by atoms with E-state index in [1.54, 1.807) is 0 Å². The fraction of sp³-hybridized carbons (Fsp3) is 0.647. The van der Waals surface area contributed by atoms with Crippen LogP contribution in [0.2, 0.25) is 0 Å². The molecule has 1 unspecified atom stereocenters. The van der Waals surface area contributed by atoms with Crippen molar-refractivity contribution < 1.29 is 5.11 Å². The van der Waals surface area contributed by atoms with E-state index < -0.39 is 0 Å². The van der Waals surface area contributed by atoms with Crippen molar-refractivity contribution in [3.05, 3.63) is 35.9 Å². The third-order valence-electron chi connectivity index (χ3n) is 3.66. The highest BCUT2D eigenvalue weighted by Crippen LogP contribution is 2.23. The monoisotopic (exact) mass is 263 g/mol. The number of unbranched alkanes of at least 4 members (excludes halogenated alkanes) is 3. The number of hydrogen-bond donors (Lipinski definition) is 2. The molecule has 1 atom stereocenters. The fourth-order valence-corrected chi connectivity index (χ4v) is 2.41. The summed E-state index contributed by atoms with van der Waals surface area (Å²) in [6.07, 6.45) is 4.51. The molecule has 2 N–H and O–H groups in total. The summed E-state index contributed by atoms with van der Waals surface area (Å²) in [4.78, 5) is 0. The second kappa shape index (κ2) is 9.99. The summed E-state index contributed by atoms with van der Waals surface area (Å²) in [7, 11) is 0. The SMILES string of the molecule is CC(C)C(CNCCCCCCO)c1ccccc1. The van der Waals surface area contributed by atoms with E-state index in [1.807, 2.05) is 0 Å². The van der Waals surface area contributed by atoms with Crippen LogP contribution in [-0.2, 0) is 0 Å². The van der Waals surface area contributed by atoms with E-state index >= 15 is 0 Å². The Hall–Kier alpha value is -0.860. The topological polar surface area (TPSA) is 32.3 Å². The molecule has 0 aliphatic rings. The minimum atomic E-state index is 0.330. The van der Waals surface area contributed by atoms with Crippen LogP contribution < -0.4 is 5.32 Å². The van der Waals surface area contributed by atoms with Gasteiger partial charge in [-0.05, 0) is 36.8 Å². The van der Waals surface area contributed by atoms with Crippen LogP contribution in [0.1, 0.15) is 51.0 Å². The standard InChI is InChI=1S/C17H29NO/c1-15(2)17(16-10-6-5-7-11-16)14-18-12-8-3-4-9-13-19/h5-7,10-11,15,17-19H,3-4,8-9,12-14H2,1-2H3. The molecular formula is C17H29NO. The Labute approximate surface area is 118 Å². The summed E-state index contributed by atoms with van der Waals surface area (Å²) < 4.78 is 0. The minimum Gasteiger partial charge on any atom is -0.396 e. The molecule has 0 aliphatic carbocycles. The van der Waals surface area contributed by atoms with Gasteiger partial charge >= 0.3 is 0 Å². The molecule has 0 radical (unpaired) electrons. The Balaban J connectivity index is 2.24. The molecule has 0 aliphatic heterocycles. The van der Waals surface area contributed by atoms with Gasteiger partial charge in [0.05, 0.1) is 0 Å². The van der Waals surface area contributed by atoms with Gasteiger partial charge in [-0.25, -0.2) is 0 Å². The molecular weight excluding hydrogens is 234 g/mol. The van der Waals surface area contributed by atoms with Gasteiger partial charge in [-0.1, -0.05) is 57.0 Å². The summed E-state index contributed by atoms with van der Waals surface area (Å²) in [5.41, 5.74) is 1.44. The molecule has 0 aromatic heterocycles. The van der Waals surface area contributed by atoms with E-state index in [4.69, 9.17) is 5.11 Å². The summed E-state index contributed by atoms with van der Waals surface area (Å²) in [5.74, 6) is 1.25. The van der Waals surface area contributed by atoms with Crippen molar-refractivity contribution in [3.8, 4) is 0 Å². The average Bonchev–Trinajstić information content (AvgIpc) is 2.42. The summed E-state index contributed by atoms with van der Waals surface area (Å²) in [6.45, 7) is 7.06. The van der Waals surface area contributed by atoms with E-state index in [9.17, 15) is 0 Å². The number of nitrogens with one attached hydrogen (secondary N) is 1. The van der Waals surface area contributed by atoms with Crippen LogP contribution in [0.4, 0.5) is 0 Å². The molecule has 0 heterocycles. The smallest absolute Gasteiger partial charge is 0.0431 e. The van der Waals surface area contributed by atoms with Crippen molar-refractivity contribution in [1.82, 2.24) is 5.32 Å². The zero-order chi connectivity index (χ0) is 13.9. The lowest BCUT2D eigenvalue weighted by molar-refractivity contribution is 0.282. The predicted molar refractivity (Wildman–Crippen MR) is 82.4 cm³/mol. The first-order valence-corrected chi connectivity index (χ1v) is 7.62. The first kappa shape index (κ1) is 16.2. The van der Waals surface area contributed by atoms with Gasteiger partial charge in [0.15, 0.2) is 0 Å². The highest BCUT2D eigenvalue weighted by atomic mass is 16.2. The first-order valence-electron chi connectivity index (χ1n) is 7.62. The van der Waals surface area contributed by atoms with Crippen molar-refractivity contribution >= 4 is 0 Å². The summed E-state index contributed by atoms with van der Waals surface area (Å²) in [6, 6.07) is 10.8. The number of rotatable bonds is 10. The zero-order valence-electron chi connectivity index (χ0n) is 12.4. The van der Waals surface area contributed by atoms with Crippen LogP contribution in [0.5, 0.6) is 0 Å². The lowest BCUT2D eigenvalue weighted by Crippen LogP contribution is -2.25. The molecule has 2 heteroatoms. The van der Waals surface area contributed by atoms with Gasteiger partial charge < -0.3 is 10.4 Å². The lowest BCUT2D eigenvalue weighted by atomic mass is 9.88. The molecule has 0 saturated heterocycles. The lowest BCUT2D eigenvalue weighted by Gasteiger charge is -2.22. The van der Waals surface area contributed by atoms with E-state index in [2.05, 4.69) is 49.5 Å². The number of aliphatic hydroxyl groups is 1. The minimum absolute atomic E-state index is 0.330. The largest absolute Gasteiger partial charge is 0.396 e. The Morgan fingerprint density at radius 3 is 2.32 bits per heavy atom. The van der Waals surface area contributed by atoms with Crippen LogP contribution in [0, 0.1) is 5.92 Å². The van der Waals surface area contributed by atoms with Gasteiger partial charge in [0, 0.05) is 13.2 Å². The molecule has 1 aromatic rings. The quantitative estimate of drug-likeness (QED) is 0.633. The van der Waals surface area contributed by atoms with Gasteiger partial charge in [-0.3, -0.25) is 0 Å². The molecule has 108 valence electrons. The van der Waals surface area contributed by atoms with E-state index in [0.717, 1.165) is 25.9 Å². The Bertz CT molecular complexity index is 310. The molecule has 0 spiro atoms. The van der Waals surface area contributed by atoms with E-state index in [-0.39, 0.29) is 0 Å². The van der Waals surface area contributed by atoms with Crippen molar-refractivity contribution in [2.45, 2.75) is 45.4 Å². The maximum atomic E-state index is 8.71. The van der Waals surface area contributed by atoms with Gasteiger partial charge in [0.2, 0.25) is 0 Å². The van der Waals surface area contributed by atoms with Gasteiger partial charge in [-0.2, -0.15) is 0 Å². The Kier molecular flexibility index (Phi) is 8.52. The van der Waals surface area contributed by atoms with Crippen LogP contribution >= 0.6 is 0 Å². The second-order valence-corrected chi connectivity index (χ2v) is 5.60. The Morgan fingerprint density at radius 1 is 1.00 bits per heavy atom. The van der Waals surface area contributed by atoms with Crippen LogP contribution in [-0.4, -0.2) is 24.8 Å². The van der Waals surface area contributed by atoms with Crippen molar-refractivity contribution in [2.75, 3.05) is 19.7 Å². The molecule has 2 nitrogen and oxygen atoms in total. The molecule has 1 rings (SSSR count). The maximum Gasteiger partial charge on any atom is 0.0431 e. The highest BCUT2D eigenvalue weighted by molar-refractivity contribution is 5.20. The maximum absolute atomic E-state index is 8.71. The van der Waals surface area contributed by atoms with Gasteiger partial charge in [-0.15, -0.1) is 0 Å². The van der Waals surface area contributed by atoms with Gasteiger partial charge in [0.25, 0.3) is 0 Å². The van der Waals surface area contributed by atoms with Crippen molar-refractivity contribution in [3.63, 3.8) is 0 Å². The predicted octanol–water partition coefficient (Wildman–Crippen LogP) is 3.57. The van der Waals surface area contributed by atoms with Crippen LogP contribution in [0.3, 0.4) is 0 Å². The van der Waals surface area contributed by atoms with Crippen molar-refractivity contribution in [2.24, 2.45) is 5.92 Å². The molecule has 0 amide bonds. The third kappa shape index (κ3) is 6.74. The summed E-state index contributed by atoms with van der Waals surface area (Å²) >= 11 is 0. The number of aliphatic hydroxyl groups excluding tert-OH is 1. The van der Waals surface area contributed by atoms with Crippen LogP contribution in [0.25, 0.3) is 0 Å². The van der Waals surface area contributed by atoms with Crippen molar-refractivity contribution in [1.29, 1.82) is 0 Å². The zero-order valence-corrected chi connectivity index (χ0v) is 12.4. The van der Waals surface area contributed by atoms with E-state index in [0.29, 0.717) is 18.4 Å². The average molecular weight is 263 g/mol. The number of hydrogen-bond acceptors (Lipinski definition) is 2. The number of benzene rings is 1. The van der Waals surface area contributed by atoms with E-state index in [1.165, 1.54) is 18.4 Å². The molecule has 1 aromatic carbocycles. The molecule has 0 saturated carbocycles. The second-order valence-electron chi connectivity index (χ2n) is 5.60. The first-order chi connectivity index (χ1) is 9.25. The molecule has 0 fully saturated rings. The van der Waals surface area contributed by atoms with Crippen LogP contribution in [0.15, 0.2) is 30.3 Å². The fourth-order valence-electron chi connectivity index (χ4n) is 2.41. The highest BCUT2D eigenvalue weighted by Gasteiger charge is 2.14. The third-order valence-corrected chi connectivity index (χ3v) is 3.66. The molecule has 0 bridgehead atoms. The summed E-state index contributed by atoms with van der Waals surface area (Å²) in [5, 5.41) is 12.3. The molecule has 19 heavy (non-hydrogen) atoms. The Morgan fingerprint density at radius 2 is 1.68 bits per heavy atom.